The fraction of sp³-hybridized carbons (Fsp3) is 0.214. The van der Waals surface area contributed by atoms with Crippen molar-refractivity contribution < 1.29 is 9.53 Å². The molecule has 1 aromatic carbocycles. The van der Waals surface area contributed by atoms with Crippen molar-refractivity contribution in [3.05, 3.63) is 45.8 Å². The Kier molecular flexibility index (Phi) is 4.93. The van der Waals surface area contributed by atoms with E-state index < -0.39 is 0 Å². The molecule has 2 aromatic rings. The highest BCUT2D eigenvalue weighted by molar-refractivity contribution is 6.43. The molecule has 0 saturated heterocycles. The van der Waals surface area contributed by atoms with E-state index in [1.165, 1.54) is 0 Å². The van der Waals surface area contributed by atoms with Crippen LogP contribution in [0.15, 0.2) is 24.4 Å². The Balaban J connectivity index is 2.45. The van der Waals surface area contributed by atoms with Crippen molar-refractivity contribution >= 4 is 29.7 Å². The number of hydrogen-bond acceptors (Lipinski definition) is 4. The standard InChI is InChI=1S/C14H12Cl2N2O2/c1-9-7-17-12(5-6-20-8-19)14(18-9)10-3-2-4-11(15)13(10)16/h2-4,7-8H,5-6H2,1H3. The minimum absolute atomic E-state index is 0.242. The quantitative estimate of drug-likeness (QED) is 0.626. The van der Waals surface area contributed by atoms with E-state index in [0.29, 0.717) is 34.3 Å². The first-order valence-electron chi connectivity index (χ1n) is 5.95. The van der Waals surface area contributed by atoms with Gasteiger partial charge in [0.2, 0.25) is 0 Å². The highest BCUT2D eigenvalue weighted by Gasteiger charge is 2.14. The number of benzene rings is 1. The molecule has 0 aliphatic rings. The predicted molar refractivity (Wildman–Crippen MR) is 77.9 cm³/mol. The number of aryl methyl sites for hydroxylation is 1. The Bertz CT molecular complexity index is 633. The summed E-state index contributed by atoms with van der Waals surface area (Å²) in [5.41, 5.74) is 2.86. The zero-order valence-corrected chi connectivity index (χ0v) is 12.3. The number of rotatable bonds is 5. The van der Waals surface area contributed by atoms with Crippen LogP contribution in [0.5, 0.6) is 0 Å². The third-order valence-corrected chi connectivity index (χ3v) is 3.52. The lowest BCUT2D eigenvalue weighted by atomic mass is 10.1. The van der Waals surface area contributed by atoms with Crippen LogP contribution in [0, 0.1) is 6.92 Å². The van der Waals surface area contributed by atoms with Crippen molar-refractivity contribution in [2.45, 2.75) is 13.3 Å². The zero-order chi connectivity index (χ0) is 14.5. The van der Waals surface area contributed by atoms with Crippen LogP contribution < -0.4 is 0 Å². The first kappa shape index (κ1) is 14.8. The second kappa shape index (κ2) is 6.68. The van der Waals surface area contributed by atoms with Crippen molar-refractivity contribution in [1.29, 1.82) is 0 Å². The van der Waals surface area contributed by atoms with Crippen LogP contribution >= 0.6 is 23.2 Å². The van der Waals surface area contributed by atoms with Gasteiger partial charge in [-0.15, -0.1) is 0 Å². The molecular weight excluding hydrogens is 299 g/mol. The fourth-order valence-electron chi connectivity index (χ4n) is 1.79. The van der Waals surface area contributed by atoms with Gasteiger partial charge in [-0.3, -0.25) is 9.78 Å². The summed E-state index contributed by atoms with van der Waals surface area (Å²) in [4.78, 5) is 19.0. The van der Waals surface area contributed by atoms with Gasteiger partial charge in [0, 0.05) is 18.2 Å². The minimum Gasteiger partial charge on any atom is -0.467 e. The van der Waals surface area contributed by atoms with E-state index >= 15 is 0 Å². The molecule has 2 rings (SSSR count). The second-order valence-electron chi connectivity index (χ2n) is 4.13. The second-order valence-corrected chi connectivity index (χ2v) is 4.91. The molecule has 104 valence electrons. The van der Waals surface area contributed by atoms with Crippen LogP contribution in [0.4, 0.5) is 0 Å². The predicted octanol–water partition coefficient (Wildman–Crippen LogP) is 3.47. The summed E-state index contributed by atoms with van der Waals surface area (Å²) in [6.07, 6.45) is 2.13. The van der Waals surface area contributed by atoms with Crippen LogP contribution in [-0.2, 0) is 16.0 Å². The van der Waals surface area contributed by atoms with Crippen molar-refractivity contribution in [2.24, 2.45) is 0 Å². The number of hydrogen-bond donors (Lipinski definition) is 0. The van der Waals surface area contributed by atoms with E-state index in [4.69, 9.17) is 27.9 Å². The lowest BCUT2D eigenvalue weighted by Crippen LogP contribution is -2.04. The molecule has 1 heterocycles. The first-order chi connectivity index (χ1) is 9.63. The summed E-state index contributed by atoms with van der Waals surface area (Å²) < 4.78 is 4.71. The summed E-state index contributed by atoms with van der Waals surface area (Å²) >= 11 is 12.3. The zero-order valence-electron chi connectivity index (χ0n) is 10.8. The minimum atomic E-state index is 0.242. The van der Waals surface area contributed by atoms with Gasteiger partial charge in [-0.2, -0.15) is 0 Å². The monoisotopic (exact) mass is 310 g/mol. The Morgan fingerprint density at radius 3 is 2.90 bits per heavy atom. The van der Waals surface area contributed by atoms with Gasteiger partial charge in [-0.1, -0.05) is 35.3 Å². The van der Waals surface area contributed by atoms with Crippen LogP contribution in [0.25, 0.3) is 11.3 Å². The van der Waals surface area contributed by atoms with E-state index in [1.54, 1.807) is 18.3 Å². The summed E-state index contributed by atoms with van der Waals surface area (Å²) in [7, 11) is 0. The van der Waals surface area contributed by atoms with E-state index in [-0.39, 0.29) is 6.61 Å². The Labute approximate surface area is 126 Å². The molecule has 0 unspecified atom stereocenters. The molecule has 0 saturated carbocycles. The molecular formula is C14H12Cl2N2O2. The van der Waals surface area contributed by atoms with Crippen molar-refractivity contribution in [2.75, 3.05) is 6.61 Å². The summed E-state index contributed by atoms with van der Waals surface area (Å²) in [6.45, 7) is 2.50. The maximum atomic E-state index is 10.2. The third kappa shape index (κ3) is 3.26. The molecule has 1 aromatic heterocycles. The summed E-state index contributed by atoms with van der Waals surface area (Å²) in [6, 6.07) is 5.35. The molecule has 0 amide bonds. The molecule has 0 spiro atoms. The van der Waals surface area contributed by atoms with Crippen LogP contribution in [0.3, 0.4) is 0 Å². The van der Waals surface area contributed by atoms with Crippen molar-refractivity contribution in [3.63, 3.8) is 0 Å². The van der Waals surface area contributed by atoms with Crippen LogP contribution in [-0.4, -0.2) is 23.0 Å². The van der Waals surface area contributed by atoms with Gasteiger partial charge in [0.15, 0.2) is 0 Å². The lowest BCUT2D eigenvalue weighted by Gasteiger charge is -2.10. The summed E-state index contributed by atoms with van der Waals surface area (Å²) in [5, 5.41) is 0.897. The highest BCUT2D eigenvalue weighted by Crippen LogP contribution is 2.33. The van der Waals surface area contributed by atoms with Gasteiger partial charge < -0.3 is 4.74 Å². The van der Waals surface area contributed by atoms with E-state index in [9.17, 15) is 4.79 Å². The average Bonchev–Trinajstić information content (AvgIpc) is 2.44. The molecule has 0 fully saturated rings. The van der Waals surface area contributed by atoms with Gasteiger partial charge in [-0.25, -0.2) is 4.98 Å². The topological polar surface area (TPSA) is 52.1 Å². The van der Waals surface area contributed by atoms with Gasteiger partial charge in [0.1, 0.15) is 0 Å². The first-order valence-corrected chi connectivity index (χ1v) is 6.71. The molecule has 6 heteroatoms. The fourth-order valence-corrected chi connectivity index (χ4v) is 2.18. The van der Waals surface area contributed by atoms with E-state index in [0.717, 1.165) is 11.3 Å². The maximum Gasteiger partial charge on any atom is 0.293 e. The average molecular weight is 311 g/mol. The molecule has 4 nitrogen and oxygen atoms in total. The number of carbonyl (C=O) groups excluding carboxylic acids is 1. The summed E-state index contributed by atoms with van der Waals surface area (Å²) in [5.74, 6) is 0. The molecule has 0 atom stereocenters. The smallest absolute Gasteiger partial charge is 0.293 e. The Morgan fingerprint density at radius 2 is 2.15 bits per heavy atom. The largest absolute Gasteiger partial charge is 0.467 e. The van der Waals surface area contributed by atoms with E-state index in [2.05, 4.69) is 9.97 Å². The van der Waals surface area contributed by atoms with Crippen LogP contribution in [0.1, 0.15) is 11.4 Å². The molecule has 0 aliphatic heterocycles. The SMILES string of the molecule is Cc1cnc(CCOC=O)c(-c2cccc(Cl)c2Cl)n1. The Morgan fingerprint density at radius 1 is 1.35 bits per heavy atom. The lowest BCUT2D eigenvalue weighted by molar-refractivity contribution is -0.128. The maximum absolute atomic E-state index is 10.2. The molecule has 0 radical (unpaired) electrons. The van der Waals surface area contributed by atoms with Crippen molar-refractivity contribution in [3.8, 4) is 11.3 Å². The number of carbonyl (C=O) groups is 1. The van der Waals surface area contributed by atoms with Crippen LogP contribution in [0.2, 0.25) is 10.0 Å². The van der Waals surface area contributed by atoms with Gasteiger partial charge >= 0.3 is 0 Å². The number of aromatic nitrogens is 2. The van der Waals surface area contributed by atoms with Gasteiger partial charge in [-0.05, 0) is 13.0 Å². The van der Waals surface area contributed by atoms with Gasteiger partial charge in [0.25, 0.3) is 6.47 Å². The number of halogens is 2. The van der Waals surface area contributed by atoms with E-state index in [1.807, 2.05) is 13.0 Å². The molecule has 20 heavy (non-hydrogen) atoms. The Hall–Kier alpha value is -1.65. The van der Waals surface area contributed by atoms with Crippen molar-refractivity contribution in [1.82, 2.24) is 9.97 Å². The molecule has 0 bridgehead atoms. The molecule has 0 aliphatic carbocycles. The third-order valence-electron chi connectivity index (χ3n) is 2.70. The molecule has 0 N–H and O–H groups in total. The highest BCUT2D eigenvalue weighted by atomic mass is 35.5. The number of ether oxygens (including phenoxy) is 1. The number of nitrogens with zero attached hydrogens (tertiary/aromatic N) is 2. The van der Waals surface area contributed by atoms with Gasteiger partial charge in [0.05, 0.1) is 33.7 Å². The normalized spacial score (nSPS) is 10.3.